The van der Waals surface area contributed by atoms with Gasteiger partial charge in [0.15, 0.2) is 18.1 Å². The molecule has 27 heavy (non-hydrogen) atoms. The van der Waals surface area contributed by atoms with Crippen molar-refractivity contribution in [2.75, 3.05) is 34.5 Å². The molecule has 1 aromatic rings. The summed E-state index contributed by atoms with van der Waals surface area (Å²) in [6, 6.07) is 3.98. The molecule has 1 aromatic carbocycles. The summed E-state index contributed by atoms with van der Waals surface area (Å²) in [4.78, 5) is 47.3. The second-order valence-corrected chi connectivity index (χ2v) is 5.23. The molecule has 0 atom stereocenters. The fraction of sp³-hybridized carbons (Fsp3) is 0.294. The van der Waals surface area contributed by atoms with E-state index < -0.39 is 30.4 Å². The topological polar surface area (TPSA) is 120 Å². The smallest absolute Gasteiger partial charge is 0.343 e. The molecular weight excluding hydrogens is 360 g/mol. The molecule has 0 aromatic heterocycles. The molecule has 0 saturated carbocycles. The van der Waals surface area contributed by atoms with Crippen LogP contribution in [0, 0.1) is 0 Å². The lowest BCUT2D eigenvalue weighted by atomic mass is 10.1. The van der Waals surface area contributed by atoms with Crippen molar-refractivity contribution < 1.29 is 38.1 Å². The van der Waals surface area contributed by atoms with Crippen molar-refractivity contribution in [1.82, 2.24) is 10.2 Å². The normalized spacial score (nSPS) is 14.8. The summed E-state index contributed by atoms with van der Waals surface area (Å²) in [6.45, 7) is -0.771. The van der Waals surface area contributed by atoms with Gasteiger partial charge >= 0.3 is 18.0 Å². The summed E-state index contributed by atoms with van der Waals surface area (Å²) in [6.07, 6.45) is 1.42. The van der Waals surface area contributed by atoms with Gasteiger partial charge in [0.2, 0.25) is 0 Å². The molecule has 1 aliphatic rings. The first-order valence-electron chi connectivity index (χ1n) is 7.68. The minimum atomic E-state index is -0.721. The summed E-state index contributed by atoms with van der Waals surface area (Å²) < 4.78 is 19.5. The average Bonchev–Trinajstić information content (AvgIpc) is 2.93. The number of urea groups is 1. The van der Waals surface area contributed by atoms with Gasteiger partial charge in [0.25, 0.3) is 5.91 Å². The van der Waals surface area contributed by atoms with E-state index in [1.165, 1.54) is 20.3 Å². The zero-order valence-electron chi connectivity index (χ0n) is 14.9. The number of hydrogen-bond acceptors (Lipinski definition) is 8. The molecule has 0 radical (unpaired) electrons. The van der Waals surface area contributed by atoms with E-state index in [0.717, 1.165) is 12.0 Å². The largest absolute Gasteiger partial charge is 0.493 e. The van der Waals surface area contributed by atoms with Gasteiger partial charge in [0.1, 0.15) is 12.2 Å². The Morgan fingerprint density at radius 2 is 1.78 bits per heavy atom. The van der Waals surface area contributed by atoms with E-state index in [4.69, 9.17) is 9.47 Å². The van der Waals surface area contributed by atoms with Crippen molar-refractivity contribution in [2.45, 2.75) is 0 Å². The van der Waals surface area contributed by atoms with Crippen LogP contribution in [0.2, 0.25) is 0 Å². The molecule has 0 aliphatic carbocycles. The molecule has 1 N–H and O–H groups in total. The van der Waals surface area contributed by atoms with E-state index >= 15 is 0 Å². The van der Waals surface area contributed by atoms with Crippen molar-refractivity contribution >= 4 is 30.0 Å². The first kappa shape index (κ1) is 19.8. The monoisotopic (exact) mass is 378 g/mol. The highest BCUT2D eigenvalue weighted by atomic mass is 16.6. The van der Waals surface area contributed by atoms with Gasteiger partial charge in [-0.05, 0) is 23.8 Å². The third kappa shape index (κ3) is 4.75. The molecule has 1 saturated heterocycles. The van der Waals surface area contributed by atoms with Crippen LogP contribution in [0.5, 0.6) is 11.5 Å². The molecular formula is C17H18N2O8. The second-order valence-electron chi connectivity index (χ2n) is 5.23. The number of amides is 3. The van der Waals surface area contributed by atoms with Crippen LogP contribution < -0.4 is 14.8 Å². The number of rotatable bonds is 7. The zero-order chi connectivity index (χ0) is 20.0. The molecule has 0 unspecified atom stereocenters. The van der Waals surface area contributed by atoms with Crippen LogP contribution in [0.4, 0.5) is 4.79 Å². The number of imide groups is 1. The van der Waals surface area contributed by atoms with E-state index in [1.54, 1.807) is 18.2 Å². The number of carbonyl (C=O) groups excluding carboxylic acids is 4. The van der Waals surface area contributed by atoms with Crippen molar-refractivity contribution in [1.29, 1.82) is 0 Å². The van der Waals surface area contributed by atoms with E-state index in [2.05, 4.69) is 14.8 Å². The highest BCUT2D eigenvalue weighted by molar-refractivity contribution is 6.15. The predicted molar refractivity (Wildman–Crippen MR) is 90.7 cm³/mol. The lowest BCUT2D eigenvalue weighted by Gasteiger charge is -2.10. The Balaban J connectivity index is 2.18. The Labute approximate surface area is 154 Å². The Bertz CT molecular complexity index is 802. The van der Waals surface area contributed by atoms with Crippen molar-refractivity contribution in [3.05, 3.63) is 29.5 Å². The van der Waals surface area contributed by atoms with Crippen molar-refractivity contribution in [3.63, 3.8) is 0 Å². The number of ether oxygens (including phenoxy) is 4. The summed E-state index contributed by atoms with van der Waals surface area (Å²) in [5, 5.41) is 2.39. The quantitative estimate of drug-likeness (QED) is 0.409. The van der Waals surface area contributed by atoms with Gasteiger partial charge in [-0.2, -0.15) is 0 Å². The van der Waals surface area contributed by atoms with Gasteiger partial charge < -0.3 is 24.3 Å². The molecule has 10 heteroatoms. The summed E-state index contributed by atoms with van der Waals surface area (Å²) in [5.74, 6) is -1.30. The third-order valence-electron chi connectivity index (χ3n) is 3.55. The van der Waals surface area contributed by atoms with E-state index in [1.807, 2.05) is 0 Å². The fourth-order valence-electron chi connectivity index (χ4n) is 2.16. The SMILES string of the molecule is COC(=O)COc1ccc(C=C2NC(=O)N(CC(=O)OC)C2=O)cc1OC. The maximum atomic E-state index is 12.3. The highest BCUT2D eigenvalue weighted by Gasteiger charge is 2.35. The number of methoxy groups -OCH3 is 3. The molecule has 1 aliphatic heterocycles. The van der Waals surface area contributed by atoms with E-state index in [9.17, 15) is 19.2 Å². The average molecular weight is 378 g/mol. The van der Waals surface area contributed by atoms with Crippen LogP contribution in [-0.2, 0) is 23.9 Å². The minimum Gasteiger partial charge on any atom is -0.493 e. The van der Waals surface area contributed by atoms with E-state index in [0.29, 0.717) is 17.1 Å². The molecule has 1 heterocycles. The first-order valence-corrected chi connectivity index (χ1v) is 7.68. The summed E-state index contributed by atoms with van der Waals surface area (Å²) >= 11 is 0. The first-order chi connectivity index (χ1) is 12.9. The van der Waals surface area contributed by atoms with Gasteiger partial charge in [0, 0.05) is 0 Å². The number of hydrogen-bond donors (Lipinski definition) is 1. The van der Waals surface area contributed by atoms with Crippen LogP contribution in [-0.4, -0.2) is 63.3 Å². The number of benzene rings is 1. The Hall–Kier alpha value is -3.56. The van der Waals surface area contributed by atoms with Crippen LogP contribution in [0.3, 0.4) is 0 Å². The Morgan fingerprint density at radius 1 is 1.07 bits per heavy atom. The standard InChI is InChI=1S/C17H18N2O8/c1-24-13-7-10(4-5-12(13)27-9-15(21)26-3)6-11-16(22)19(17(23)18-11)8-14(20)25-2/h4-7H,8-9H2,1-3H3,(H,18,23). The Kier molecular flexibility index (Phi) is 6.36. The van der Waals surface area contributed by atoms with Gasteiger partial charge in [-0.25, -0.2) is 14.5 Å². The number of nitrogens with one attached hydrogen (secondary N) is 1. The molecule has 2 rings (SSSR count). The lowest BCUT2D eigenvalue weighted by molar-refractivity contribution is -0.143. The van der Waals surface area contributed by atoms with Crippen LogP contribution in [0.25, 0.3) is 6.08 Å². The Morgan fingerprint density at radius 3 is 2.41 bits per heavy atom. The molecule has 3 amide bonds. The van der Waals surface area contributed by atoms with Gasteiger partial charge in [-0.1, -0.05) is 6.07 Å². The van der Waals surface area contributed by atoms with Gasteiger partial charge in [0.05, 0.1) is 21.3 Å². The maximum absolute atomic E-state index is 12.3. The van der Waals surface area contributed by atoms with Gasteiger partial charge in [-0.3, -0.25) is 9.59 Å². The summed E-state index contributed by atoms with van der Waals surface area (Å²) in [7, 11) is 3.82. The van der Waals surface area contributed by atoms with E-state index in [-0.39, 0.29) is 12.3 Å². The number of carbonyl (C=O) groups is 4. The zero-order valence-corrected chi connectivity index (χ0v) is 14.9. The molecule has 10 nitrogen and oxygen atoms in total. The number of esters is 2. The second kappa shape index (κ2) is 8.70. The van der Waals surface area contributed by atoms with Crippen LogP contribution in [0.1, 0.15) is 5.56 Å². The molecule has 144 valence electrons. The number of nitrogens with zero attached hydrogens (tertiary/aromatic N) is 1. The third-order valence-corrected chi connectivity index (χ3v) is 3.55. The van der Waals surface area contributed by atoms with Crippen LogP contribution >= 0.6 is 0 Å². The molecule has 1 fully saturated rings. The molecule has 0 bridgehead atoms. The fourth-order valence-corrected chi connectivity index (χ4v) is 2.16. The predicted octanol–water partition coefficient (Wildman–Crippen LogP) is 0.313. The summed E-state index contributed by atoms with van der Waals surface area (Å²) in [5.41, 5.74) is 0.523. The highest BCUT2D eigenvalue weighted by Crippen LogP contribution is 2.29. The van der Waals surface area contributed by atoms with Crippen LogP contribution in [0.15, 0.2) is 23.9 Å². The van der Waals surface area contributed by atoms with Crippen molar-refractivity contribution in [2.24, 2.45) is 0 Å². The minimum absolute atomic E-state index is 0.00538. The maximum Gasteiger partial charge on any atom is 0.343 e. The lowest BCUT2D eigenvalue weighted by Crippen LogP contribution is -2.36. The van der Waals surface area contributed by atoms with Gasteiger partial charge in [-0.15, -0.1) is 0 Å². The molecule has 0 spiro atoms. The van der Waals surface area contributed by atoms with Crippen molar-refractivity contribution in [3.8, 4) is 11.5 Å².